The average molecular weight is 367 g/mol. The Bertz CT molecular complexity index is 783. The van der Waals surface area contributed by atoms with E-state index in [4.69, 9.17) is 9.47 Å². The molecule has 1 unspecified atom stereocenters. The number of rotatable bonds is 9. The fraction of sp³-hybridized carbons (Fsp3) is 0.333. The van der Waals surface area contributed by atoms with Crippen LogP contribution in [0.2, 0.25) is 0 Å². The predicted molar refractivity (Wildman–Crippen MR) is 94.5 cm³/mol. The molecule has 0 heterocycles. The van der Waals surface area contributed by atoms with Gasteiger partial charge in [0.05, 0.1) is 5.75 Å². The second kappa shape index (κ2) is 8.42. The Balaban J connectivity index is 1.94. The van der Waals surface area contributed by atoms with Gasteiger partial charge in [-0.25, -0.2) is 17.5 Å². The summed E-state index contributed by atoms with van der Waals surface area (Å²) >= 11 is 0. The molecule has 0 amide bonds. The van der Waals surface area contributed by atoms with Crippen LogP contribution in [0.25, 0.3) is 0 Å². The highest BCUT2D eigenvalue weighted by molar-refractivity contribution is 7.89. The molecule has 2 rings (SSSR count). The smallest absolute Gasteiger partial charge is 0.215 e. The highest BCUT2D eigenvalue weighted by Gasteiger charge is 2.30. The van der Waals surface area contributed by atoms with E-state index in [1.54, 1.807) is 49.4 Å². The van der Waals surface area contributed by atoms with E-state index in [2.05, 4.69) is 4.72 Å². The molecular formula is C18H22FNO4S. The van der Waals surface area contributed by atoms with Crippen molar-refractivity contribution in [2.24, 2.45) is 0 Å². The zero-order valence-electron chi connectivity index (χ0n) is 14.2. The number of ether oxygens (including phenoxy) is 2. The number of hydrogen-bond donors (Lipinski definition) is 1. The van der Waals surface area contributed by atoms with Gasteiger partial charge in [-0.15, -0.1) is 0 Å². The van der Waals surface area contributed by atoms with E-state index >= 15 is 0 Å². The number of benzene rings is 2. The fourth-order valence-corrected chi connectivity index (χ4v) is 3.22. The van der Waals surface area contributed by atoms with Crippen LogP contribution < -0.4 is 9.46 Å². The Morgan fingerprint density at radius 2 is 1.72 bits per heavy atom. The van der Waals surface area contributed by atoms with Gasteiger partial charge in [-0.05, 0) is 25.1 Å². The van der Waals surface area contributed by atoms with Crippen molar-refractivity contribution < 1.29 is 22.3 Å². The molecule has 0 aromatic heterocycles. The van der Waals surface area contributed by atoms with E-state index in [9.17, 15) is 12.8 Å². The van der Waals surface area contributed by atoms with Crippen molar-refractivity contribution in [2.45, 2.75) is 12.5 Å². The lowest BCUT2D eigenvalue weighted by Gasteiger charge is -2.29. The summed E-state index contributed by atoms with van der Waals surface area (Å²) in [7, 11) is -2.18. The maximum atomic E-state index is 14.0. The van der Waals surface area contributed by atoms with Crippen LogP contribution in [0.5, 0.6) is 5.75 Å². The van der Waals surface area contributed by atoms with Crippen molar-refractivity contribution in [1.29, 1.82) is 0 Å². The molecule has 7 heteroatoms. The molecule has 1 N–H and O–H groups in total. The molecule has 5 nitrogen and oxygen atoms in total. The van der Waals surface area contributed by atoms with Crippen molar-refractivity contribution in [3.8, 4) is 5.75 Å². The maximum Gasteiger partial charge on any atom is 0.215 e. The van der Waals surface area contributed by atoms with Crippen molar-refractivity contribution >= 4 is 10.0 Å². The van der Waals surface area contributed by atoms with E-state index in [1.165, 1.54) is 13.2 Å². The first kappa shape index (κ1) is 19.4. The van der Waals surface area contributed by atoms with Crippen molar-refractivity contribution in [3.05, 3.63) is 66.0 Å². The number of hydrogen-bond acceptors (Lipinski definition) is 4. The van der Waals surface area contributed by atoms with Gasteiger partial charge in [-0.1, -0.05) is 36.4 Å². The Morgan fingerprint density at radius 1 is 1.08 bits per heavy atom. The van der Waals surface area contributed by atoms with Crippen molar-refractivity contribution in [1.82, 2.24) is 4.72 Å². The highest BCUT2D eigenvalue weighted by Crippen LogP contribution is 2.26. The summed E-state index contributed by atoms with van der Waals surface area (Å²) in [6.07, 6.45) is 0. The number of sulfonamides is 1. The van der Waals surface area contributed by atoms with E-state index in [-0.39, 0.29) is 18.9 Å². The topological polar surface area (TPSA) is 64.6 Å². The third-order valence-corrected chi connectivity index (χ3v) is 5.18. The minimum Gasteiger partial charge on any atom is -0.492 e. The summed E-state index contributed by atoms with van der Waals surface area (Å²) in [5.74, 6) is -0.0527. The third-order valence-electron chi connectivity index (χ3n) is 3.89. The molecular weight excluding hydrogens is 345 g/mol. The van der Waals surface area contributed by atoms with E-state index in [0.29, 0.717) is 11.3 Å². The maximum absolute atomic E-state index is 14.0. The van der Waals surface area contributed by atoms with Crippen LogP contribution >= 0.6 is 0 Å². The normalized spacial score (nSPS) is 14.0. The molecule has 0 aliphatic heterocycles. The quantitative estimate of drug-likeness (QED) is 0.740. The summed E-state index contributed by atoms with van der Waals surface area (Å²) in [5.41, 5.74) is -0.820. The number of methoxy groups -OCH3 is 1. The molecule has 2 aromatic carbocycles. The first-order valence-corrected chi connectivity index (χ1v) is 9.47. The molecule has 0 bridgehead atoms. The van der Waals surface area contributed by atoms with Crippen LogP contribution in [0.3, 0.4) is 0 Å². The van der Waals surface area contributed by atoms with Gasteiger partial charge in [-0.3, -0.25) is 0 Å². The molecule has 1 atom stereocenters. The lowest BCUT2D eigenvalue weighted by molar-refractivity contribution is 0.00409. The fourth-order valence-electron chi connectivity index (χ4n) is 2.27. The molecule has 0 aliphatic carbocycles. The first-order valence-electron chi connectivity index (χ1n) is 7.82. The Morgan fingerprint density at radius 3 is 2.36 bits per heavy atom. The standard InChI is InChI=1S/C18H22FNO4S/c1-18(23-2,16-10-6-7-11-17(16)19)14-20-25(21,22)13-12-24-15-8-4-3-5-9-15/h3-11,20H,12-14H2,1-2H3. The number of halogens is 1. The SMILES string of the molecule is COC(C)(CNS(=O)(=O)CCOc1ccccc1)c1ccccc1F. The second-order valence-corrected chi connectivity index (χ2v) is 7.64. The summed E-state index contributed by atoms with van der Waals surface area (Å²) in [5, 5.41) is 0. The van der Waals surface area contributed by atoms with Crippen LogP contribution in [-0.4, -0.2) is 34.4 Å². The molecule has 25 heavy (non-hydrogen) atoms. The summed E-state index contributed by atoms with van der Waals surface area (Å²) in [6, 6.07) is 15.1. The minimum atomic E-state index is -3.59. The van der Waals surface area contributed by atoms with Gasteiger partial charge in [0.2, 0.25) is 10.0 Å². The van der Waals surface area contributed by atoms with Crippen LogP contribution in [0.4, 0.5) is 4.39 Å². The molecule has 0 saturated heterocycles. The minimum absolute atomic E-state index is 0.0166. The van der Waals surface area contributed by atoms with Crippen LogP contribution in [-0.2, 0) is 20.4 Å². The van der Waals surface area contributed by atoms with Crippen LogP contribution in [0.1, 0.15) is 12.5 Å². The van der Waals surface area contributed by atoms with E-state index < -0.39 is 21.4 Å². The summed E-state index contributed by atoms with van der Waals surface area (Å²) in [4.78, 5) is 0. The van der Waals surface area contributed by atoms with Crippen molar-refractivity contribution in [2.75, 3.05) is 26.0 Å². The molecule has 136 valence electrons. The van der Waals surface area contributed by atoms with Gasteiger partial charge in [0.25, 0.3) is 0 Å². The van der Waals surface area contributed by atoms with Gasteiger partial charge in [0.15, 0.2) is 0 Å². The molecule has 0 saturated carbocycles. The molecule has 0 spiro atoms. The van der Waals surface area contributed by atoms with Gasteiger partial charge in [0, 0.05) is 19.2 Å². The van der Waals surface area contributed by atoms with Gasteiger partial charge in [0.1, 0.15) is 23.8 Å². The predicted octanol–water partition coefficient (Wildman–Crippen LogP) is 2.69. The Labute approximate surface area is 147 Å². The van der Waals surface area contributed by atoms with E-state index in [1.807, 2.05) is 6.07 Å². The lowest BCUT2D eigenvalue weighted by atomic mass is 9.95. The molecule has 0 aliphatic rings. The molecule has 0 fully saturated rings. The van der Waals surface area contributed by atoms with Gasteiger partial charge in [-0.2, -0.15) is 0 Å². The van der Waals surface area contributed by atoms with Crippen molar-refractivity contribution in [3.63, 3.8) is 0 Å². The Hall–Kier alpha value is -1.96. The zero-order chi connectivity index (χ0) is 18.3. The van der Waals surface area contributed by atoms with Gasteiger partial charge >= 0.3 is 0 Å². The summed E-state index contributed by atoms with van der Waals surface area (Å²) in [6.45, 7) is 1.56. The monoisotopic (exact) mass is 367 g/mol. The number of nitrogens with one attached hydrogen (secondary N) is 1. The zero-order valence-corrected chi connectivity index (χ0v) is 15.1. The Kier molecular flexibility index (Phi) is 6.52. The lowest BCUT2D eigenvalue weighted by Crippen LogP contribution is -2.42. The average Bonchev–Trinajstić information content (AvgIpc) is 2.61. The molecule has 2 aromatic rings. The summed E-state index contributed by atoms with van der Waals surface area (Å²) < 4.78 is 51.6. The van der Waals surface area contributed by atoms with Crippen LogP contribution in [0, 0.1) is 5.82 Å². The number of para-hydroxylation sites is 1. The largest absolute Gasteiger partial charge is 0.492 e. The van der Waals surface area contributed by atoms with E-state index in [0.717, 1.165) is 0 Å². The highest BCUT2D eigenvalue weighted by atomic mass is 32.2. The first-order chi connectivity index (χ1) is 11.9. The van der Waals surface area contributed by atoms with Gasteiger partial charge < -0.3 is 9.47 Å². The third kappa shape index (κ3) is 5.52. The van der Waals surface area contributed by atoms with Crippen LogP contribution in [0.15, 0.2) is 54.6 Å². The second-order valence-electron chi connectivity index (χ2n) is 5.72. The molecule has 0 radical (unpaired) electrons.